The first-order valence-corrected chi connectivity index (χ1v) is 8.05. The molecular weight excluding hydrogens is 304 g/mol. The van der Waals surface area contributed by atoms with Crippen molar-refractivity contribution in [2.75, 3.05) is 0 Å². The van der Waals surface area contributed by atoms with Gasteiger partial charge in [-0.2, -0.15) is 5.10 Å². The van der Waals surface area contributed by atoms with E-state index in [1.807, 2.05) is 6.20 Å². The second-order valence-corrected chi connectivity index (χ2v) is 6.25. The van der Waals surface area contributed by atoms with Crippen molar-refractivity contribution in [3.05, 3.63) is 16.4 Å². The molecule has 5 heteroatoms. The fourth-order valence-electron chi connectivity index (χ4n) is 2.71. The summed E-state index contributed by atoms with van der Waals surface area (Å²) in [5, 5.41) is 4.46. The molecule has 0 aliphatic rings. The van der Waals surface area contributed by atoms with Gasteiger partial charge in [0.2, 0.25) is 0 Å². The lowest BCUT2D eigenvalue weighted by atomic mass is 9.88. The van der Waals surface area contributed by atoms with E-state index < -0.39 is 0 Å². The number of hydrogen-bond donors (Lipinski definition) is 2. The van der Waals surface area contributed by atoms with Crippen molar-refractivity contribution in [2.24, 2.45) is 11.8 Å². The summed E-state index contributed by atoms with van der Waals surface area (Å²) in [5.74, 6) is 6.40. The lowest BCUT2D eigenvalue weighted by Gasteiger charge is -2.28. The third-order valence-electron chi connectivity index (χ3n) is 3.54. The fourth-order valence-corrected chi connectivity index (χ4v) is 3.23. The van der Waals surface area contributed by atoms with E-state index in [0.29, 0.717) is 12.0 Å². The van der Waals surface area contributed by atoms with E-state index in [4.69, 9.17) is 5.84 Å². The summed E-state index contributed by atoms with van der Waals surface area (Å²) in [4.78, 5) is 0. The highest BCUT2D eigenvalue weighted by molar-refractivity contribution is 9.10. The number of aromatic nitrogens is 2. The van der Waals surface area contributed by atoms with Gasteiger partial charge in [-0.1, -0.05) is 26.7 Å². The van der Waals surface area contributed by atoms with Crippen molar-refractivity contribution in [1.29, 1.82) is 0 Å². The second-order valence-electron chi connectivity index (χ2n) is 5.40. The minimum atomic E-state index is 0.152. The molecule has 1 aromatic heterocycles. The molecule has 0 saturated heterocycles. The summed E-state index contributed by atoms with van der Waals surface area (Å²) in [6, 6.07) is 0.486. The topological polar surface area (TPSA) is 55.9 Å². The maximum absolute atomic E-state index is 5.85. The molecule has 0 saturated carbocycles. The zero-order valence-electron chi connectivity index (χ0n) is 12.5. The Morgan fingerprint density at radius 1 is 1.32 bits per heavy atom. The van der Waals surface area contributed by atoms with Crippen molar-refractivity contribution in [3.63, 3.8) is 0 Å². The summed E-state index contributed by atoms with van der Waals surface area (Å²) >= 11 is 3.62. The molecule has 0 aromatic carbocycles. The van der Waals surface area contributed by atoms with Gasteiger partial charge in [-0.15, -0.1) is 0 Å². The first-order valence-electron chi connectivity index (χ1n) is 7.25. The molecule has 0 bridgehead atoms. The van der Waals surface area contributed by atoms with Crippen LogP contribution in [0, 0.1) is 5.92 Å². The van der Waals surface area contributed by atoms with Crippen molar-refractivity contribution in [3.8, 4) is 0 Å². The number of hydrazine groups is 1. The van der Waals surface area contributed by atoms with E-state index in [1.165, 1.54) is 31.4 Å². The second kappa shape index (κ2) is 8.02. The van der Waals surface area contributed by atoms with Crippen LogP contribution in [0.5, 0.6) is 0 Å². The fraction of sp³-hybridized carbons (Fsp3) is 0.786. The molecule has 1 unspecified atom stereocenters. The minimum Gasteiger partial charge on any atom is -0.271 e. The van der Waals surface area contributed by atoms with Crippen LogP contribution in [-0.4, -0.2) is 9.78 Å². The normalized spacial score (nSPS) is 13.5. The number of nitrogens with one attached hydrogen (secondary N) is 1. The van der Waals surface area contributed by atoms with Gasteiger partial charge < -0.3 is 0 Å². The molecule has 1 rings (SSSR count). The van der Waals surface area contributed by atoms with Crippen molar-refractivity contribution in [1.82, 2.24) is 15.2 Å². The van der Waals surface area contributed by atoms with Crippen LogP contribution in [0.4, 0.5) is 0 Å². The van der Waals surface area contributed by atoms with Gasteiger partial charge in [-0.3, -0.25) is 16.0 Å². The van der Waals surface area contributed by atoms with Crippen LogP contribution >= 0.6 is 15.9 Å². The van der Waals surface area contributed by atoms with E-state index >= 15 is 0 Å². The van der Waals surface area contributed by atoms with E-state index in [0.717, 1.165) is 4.47 Å². The maximum Gasteiger partial charge on any atom is 0.0715 e. The number of nitrogens with two attached hydrogens (primary N) is 1. The predicted molar refractivity (Wildman–Crippen MR) is 83.7 cm³/mol. The molecule has 1 aromatic rings. The van der Waals surface area contributed by atoms with Gasteiger partial charge >= 0.3 is 0 Å². The summed E-state index contributed by atoms with van der Waals surface area (Å²) in [6.45, 7) is 8.74. The van der Waals surface area contributed by atoms with Crippen molar-refractivity contribution >= 4 is 15.9 Å². The Labute approximate surface area is 125 Å². The Morgan fingerprint density at radius 3 is 2.32 bits per heavy atom. The Hall–Kier alpha value is -0.390. The van der Waals surface area contributed by atoms with Crippen LogP contribution in [0.1, 0.15) is 71.2 Å². The van der Waals surface area contributed by atoms with E-state index in [-0.39, 0.29) is 6.04 Å². The third-order valence-corrected chi connectivity index (χ3v) is 4.15. The van der Waals surface area contributed by atoms with Crippen molar-refractivity contribution < 1.29 is 0 Å². The standard InChI is InChI=1S/C14H27BrN4/c1-5-7-11(8-6-2)13(18-16)14-12(15)9-17-19(14)10(3)4/h9-11,13,18H,5-8,16H2,1-4H3. The average Bonchev–Trinajstić information content (AvgIpc) is 2.73. The van der Waals surface area contributed by atoms with Crippen LogP contribution < -0.4 is 11.3 Å². The average molecular weight is 331 g/mol. The third kappa shape index (κ3) is 4.04. The van der Waals surface area contributed by atoms with Crippen molar-refractivity contribution in [2.45, 2.75) is 65.5 Å². The monoisotopic (exact) mass is 330 g/mol. The number of nitrogens with zero attached hydrogens (tertiary/aromatic N) is 2. The zero-order chi connectivity index (χ0) is 14.4. The first kappa shape index (κ1) is 16.7. The summed E-state index contributed by atoms with van der Waals surface area (Å²) in [6.07, 6.45) is 6.58. The van der Waals surface area contributed by atoms with Crippen LogP contribution in [0.3, 0.4) is 0 Å². The quantitative estimate of drug-likeness (QED) is 0.560. The summed E-state index contributed by atoms with van der Waals surface area (Å²) in [7, 11) is 0. The van der Waals surface area contributed by atoms with E-state index in [2.05, 4.69) is 58.8 Å². The molecule has 1 atom stereocenters. The molecule has 0 aliphatic heterocycles. The molecule has 110 valence electrons. The highest BCUT2D eigenvalue weighted by atomic mass is 79.9. The summed E-state index contributed by atoms with van der Waals surface area (Å²) < 4.78 is 3.11. The highest BCUT2D eigenvalue weighted by Gasteiger charge is 2.27. The molecule has 0 spiro atoms. The zero-order valence-corrected chi connectivity index (χ0v) is 14.1. The molecule has 0 fully saturated rings. The first-order chi connectivity index (χ1) is 9.06. The molecule has 1 heterocycles. The van der Waals surface area contributed by atoms with Gasteiger partial charge in [0.05, 0.1) is 22.4 Å². The number of hydrogen-bond acceptors (Lipinski definition) is 3. The maximum atomic E-state index is 5.85. The van der Waals surface area contributed by atoms with Crippen LogP contribution in [0.15, 0.2) is 10.7 Å². The van der Waals surface area contributed by atoms with Crippen LogP contribution in [0.25, 0.3) is 0 Å². The predicted octanol–water partition coefficient (Wildman–Crippen LogP) is 3.95. The summed E-state index contributed by atoms with van der Waals surface area (Å²) in [5.41, 5.74) is 4.19. The van der Waals surface area contributed by atoms with Crippen LogP contribution in [0.2, 0.25) is 0 Å². The van der Waals surface area contributed by atoms with E-state index in [1.54, 1.807) is 0 Å². The van der Waals surface area contributed by atoms with Gasteiger partial charge in [0.15, 0.2) is 0 Å². The van der Waals surface area contributed by atoms with Gasteiger partial charge in [0, 0.05) is 6.04 Å². The lowest BCUT2D eigenvalue weighted by Crippen LogP contribution is -2.35. The molecule has 3 N–H and O–H groups in total. The smallest absolute Gasteiger partial charge is 0.0715 e. The molecule has 0 aliphatic carbocycles. The van der Waals surface area contributed by atoms with Gasteiger partial charge in [0.1, 0.15) is 0 Å². The molecule has 19 heavy (non-hydrogen) atoms. The minimum absolute atomic E-state index is 0.152. The van der Waals surface area contributed by atoms with E-state index in [9.17, 15) is 0 Å². The van der Waals surface area contributed by atoms with Crippen LogP contribution in [-0.2, 0) is 0 Å². The van der Waals surface area contributed by atoms with Gasteiger partial charge in [0.25, 0.3) is 0 Å². The Bertz CT molecular complexity index is 370. The number of rotatable bonds is 8. The molecule has 0 radical (unpaired) electrons. The molecule has 0 amide bonds. The largest absolute Gasteiger partial charge is 0.271 e. The molecule has 4 nitrogen and oxygen atoms in total. The highest BCUT2D eigenvalue weighted by Crippen LogP contribution is 2.34. The SMILES string of the molecule is CCCC(CCC)C(NN)c1c(Br)cnn1C(C)C. The molecular formula is C14H27BrN4. The Morgan fingerprint density at radius 2 is 1.89 bits per heavy atom. The lowest BCUT2D eigenvalue weighted by molar-refractivity contribution is 0.297. The Kier molecular flexibility index (Phi) is 7.04. The number of halogens is 1. The van der Waals surface area contributed by atoms with Gasteiger partial charge in [-0.25, -0.2) is 0 Å². The Balaban J connectivity index is 3.09. The van der Waals surface area contributed by atoms with Gasteiger partial charge in [-0.05, 0) is 48.5 Å².